The van der Waals surface area contributed by atoms with E-state index in [-0.39, 0.29) is 0 Å². The number of hydrogen-bond donors (Lipinski definition) is 2. The minimum absolute atomic E-state index is 0.361. The molecule has 0 aromatic rings. The topological polar surface area (TPSA) is 74.6 Å². The average Bonchev–Trinajstić information content (AvgIpc) is 2.48. The molecule has 0 bridgehead atoms. The first-order valence-electron chi connectivity index (χ1n) is 9.56. The molecule has 0 fully saturated rings. The van der Waals surface area contributed by atoms with Gasteiger partial charge in [-0.05, 0) is 25.7 Å². The molecule has 0 radical (unpaired) electrons. The van der Waals surface area contributed by atoms with Gasteiger partial charge in [0.2, 0.25) is 0 Å². The molecule has 4 nitrogen and oxygen atoms in total. The summed E-state index contributed by atoms with van der Waals surface area (Å²) in [7, 11) is -3.99. The van der Waals surface area contributed by atoms with E-state index in [1.54, 1.807) is 0 Å². The Morgan fingerprint density at radius 2 is 1.17 bits per heavy atom. The lowest BCUT2D eigenvalue weighted by Gasteiger charge is -2.16. The van der Waals surface area contributed by atoms with Gasteiger partial charge in [-0.2, -0.15) is 8.42 Å². The van der Waals surface area contributed by atoms with E-state index in [9.17, 15) is 18.1 Å². The minimum atomic E-state index is -3.99. The molecule has 0 rings (SSSR count). The van der Waals surface area contributed by atoms with Gasteiger partial charge in [0.1, 0.15) is 0 Å². The smallest absolute Gasteiger partial charge is 0.267 e. The number of aliphatic hydroxyl groups excluding tert-OH is 1. The Morgan fingerprint density at radius 3 is 1.74 bits per heavy atom. The Bertz CT molecular complexity index is 354. The van der Waals surface area contributed by atoms with Crippen LogP contribution in [-0.2, 0) is 10.1 Å². The summed E-state index contributed by atoms with van der Waals surface area (Å²) in [5.41, 5.74) is 0. The Balaban J connectivity index is 3.83. The summed E-state index contributed by atoms with van der Waals surface area (Å²) in [6, 6.07) is 0. The predicted octanol–water partition coefficient (Wildman–Crippen LogP) is 5.10. The van der Waals surface area contributed by atoms with Gasteiger partial charge in [0, 0.05) is 0 Å². The van der Waals surface area contributed by atoms with Crippen LogP contribution in [0.3, 0.4) is 0 Å². The lowest BCUT2D eigenvalue weighted by atomic mass is 10.0. The highest BCUT2D eigenvalue weighted by molar-refractivity contribution is 7.86. The van der Waals surface area contributed by atoms with Crippen LogP contribution in [0.2, 0.25) is 0 Å². The van der Waals surface area contributed by atoms with Gasteiger partial charge in [-0.25, -0.2) is 0 Å². The lowest BCUT2D eigenvalue weighted by Crippen LogP contribution is -2.22. The molecule has 0 aromatic carbocycles. The second-order valence-electron chi connectivity index (χ2n) is 6.77. The Labute approximate surface area is 143 Å². The maximum atomic E-state index is 11.4. The summed E-state index contributed by atoms with van der Waals surface area (Å²) in [5, 5.41) is 9.29. The largest absolute Gasteiger partial charge is 0.393 e. The molecule has 0 spiro atoms. The molecular weight excluding hydrogens is 312 g/mol. The molecule has 0 amide bonds. The molecule has 0 aliphatic rings. The zero-order chi connectivity index (χ0) is 17.6. The second-order valence-corrected chi connectivity index (χ2v) is 8.47. The summed E-state index contributed by atoms with van der Waals surface area (Å²) in [4.78, 5) is 0. The van der Waals surface area contributed by atoms with E-state index in [0.29, 0.717) is 19.3 Å². The molecule has 0 heterocycles. The van der Waals surface area contributed by atoms with Crippen molar-refractivity contribution in [2.24, 2.45) is 0 Å². The molecular formula is C18H38O4S. The van der Waals surface area contributed by atoms with Crippen LogP contribution in [0.15, 0.2) is 0 Å². The molecule has 23 heavy (non-hydrogen) atoms. The van der Waals surface area contributed by atoms with Gasteiger partial charge in [-0.3, -0.25) is 4.55 Å². The molecule has 0 aliphatic heterocycles. The Morgan fingerprint density at radius 1 is 0.696 bits per heavy atom. The first-order valence-corrected chi connectivity index (χ1v) is 11.1. The Kier molecular flexibility index (Phi) is 14.2. The van der Waals surface area contributed by atoms with E-state index in [4.69, 9.17) is 0 Å². The summed E-state index contributed by atoms with van der Waals surface area (Å²) in [6.45, 7) is 4.27. The van der Waals surface area contributed by atoms with Crippen molar-refractivity contribution in [2.45, 2.75) is 115 Å². The summed E-state index contributed by atoms with van der Waals surface area (Å²) in [5.74, 6) is 0. The number of rotatable bonds is 16. The third-order valence-electron chi connectivity index (χ3n) is 4.51. The highest BCUT2D eigenvalue weighted by Gasteiger charge is 2.23. The molecule has 0 saturated carbocycles. The summed E-state index contributed by atoms with van der Waals surface area (Å²) < 4.78 is 32.1. The number of aliphatic hydroxyl groups is 1. The van der Waals surface area contributed by atoms with E-state index < -0.39 is 21.5 Å². The van der Waals surface area contributed by atoms with Crippen molar-refractivity contribution in [3.8, 4) is 0 Å². The van der Waals surface area contributed by atoms with Crippen molar-refractivity contribution < 1.29 is 18.1 Å². The van der Waals surface area contributed by atoms with E-state index in [1.807, 2.05) is 0 Å². The maximum Gasteiger partial charge on any atom is 0.267 e. The molecule has 0 saturated heterocycles. The standard InChI is InChI=1S/C18H38O4S/c1-3-5-7-8-9-10-12-13-17(19)15-16-18(23(20,21)22)14-11-6-4-2/h17-19H,3-16H2,1-2H3,(H,20,21,22). The van der Waals surface area contributed by atoms with Crippen LogP contribution in [0.5, 0.6) is 0 Å². The molecule has 5 heteroatoms. The van der Waals surface area contributed by atoms with Gasteiger partial charge in [0.25, 0.3) is 10.1 Å². The molecule has 0 aliphatic carbocycles. The number of hydrogen-bond acceptors (Lipinski definition) is 3. The first-order chi connectivity index (χ1) is 10.9. The fraction of sp³-hybridized carbons (Fsp3) is 1.00. The normalized spacial score (nSPS) is 14.8. The van der Waals surface area contributed by atoms with Crippen LogP contribution >= 0.6 is 0 Å². The maximum absolute atomic E-state index is 11.4. The molecule has 140 valence electrons. The van der Waals surface area contributed by atoms with Gasteiger partial charge in [0.05, 0.1) is 11.4 Å². The van der Waals surface area contributed by atoms with E-state index in [1.165, 1.54) is 32.1 Å². The van der Waals surface area contributed by atoms with Gasteiger partial charge in [-0.15, -0.1) is 0 Å². The molecule has 2 atom stereocenters. The van der Waals surface area contributed by atoms with E-state index in [2.05, 4.69) is 13.8 Å². The van der Waals surface area contributed by atoms with Gasteiger partial charge in [0.15, 0.2) is 0 Å². The van der Waals surface area contributed by atoms with Crippen LogP contribution in [0.25, 0.3) is 0 Å². The molecule has 2 unspecified atom stereocenters. The highest BCUT2D eigenvalue weighted by Crippen LogP contribution is 2.19. The zero-order valence-electron chi connectivity index (χ0n) is 15.2. The lowest BCUT2D eigenvalue weighted by molar-refractivity contribution is 0.147. The van der Waals surface area contributed by atoms with Crippen LogP contribution in [-0.4, -0.2) is 29.4 Å². The fourth-order valence-corrected chi connectivity index (χ4v) is 3.82. The van der Waals surface area contributed by atoms with Crippen molar-refractivity contribution >= 4 is 10.1 Å². The summed E-state index contributed by atoms with van der Waals surface area (Å²) >= 11 is 0. The SMILES string of the molecule is CCCCCCCCCC(O)CCC(CCCCC)S(=O)(=O)O. The third-order valence-corrected chi connectivity index (χ3v) is 5.83. The number of unbranched alkanes of at least 4 members (excludes halogenated alkanes) is 8. The van der Waals surface area contributed by atoms with Crippen molar-refractivity contribution in [1.29, 1.82) is 0 Å². The van der Waals surface area contributed by atoms with Crippen molar-refractivity contribution in [3.63, 3.8) is 0 Å². The van der Waals surface area contributed by atoms with Gasteiger partial charge < -0.3 is 5.11 Å². The van der Waals surface area contributed by atoms with Crippen LogP contribution in [0, 0.1) is 0 Å². The van der Waals surface area contributed by atoms with E-state index in [0.717, 1.165) is 38.5 Å². The third kappa shape index (κ3) is 14.0. The minimum Gasteiger partial charge on any atom is -0.393 e. The van der Waals surface area contributed by atoms with Crippen molar-refractivity contribution in [2.75, 3.05) is 0 Å². The second kappa shape index (κ2) is 14.2. The fourth-order valence-electron chi connectivity index (χ4n) is 2.92. The quantitative estimate of drug-likeness (QED) is 0.300. The van der Waals surface area contributed by atoms with Gasteiger partial charge in [-0.1, -0.05) is 78.1 Å². The van der Waals surface area contributed by atoms with Crippen LogP contribution < -0.4 is 0 Å². The monoisotopic (exact) mass is 350 g/mol. The zero-order valence-corrected chi connectivity index (χ0v) is 16.0. The van der Waals surface area contributed by atoms with Crippen molar-refractivity contribution in [1.82, 2.24) is 0 Å². The highest BCUT2D eigenvalue weighted by atomic mass is 32.2. The average molecular weight is 351 g/mol. The Hall–Kier alpha value is -0.130. The van der Waals surface area contributed by atoms with Crippen LogP contribution in [0.1, 0.15) is 104 Å². The first kappa shape index (κ1) is 22.9. The predicted molar refractivity (Wildman–Crippen MR) is 97.3 cm³/mol. The molecule has 2 N–H and O–H groups in total. The van der Waals surface area contributed by atoms with Crippen LogP contribution in [0.4, 0.5) is 0 Å². The van der Waals surface area contributed by atoms with E-state index >= 15 is 0 Å². The summed E-state index contributed by atoms with van der Waals surface area (Å²) in [6.07, 6.45) is 12.9. The molecule has 0 aromatic heterocycles. The van der Waals surface area contributed by atoms with Crippen molar-refractivity contribution in [3.05, 3.63) is 0 Å². The van der Waals surface area contributed by atoms with Gasteiger partial charge >= 0.3 is 0 Å².